The van der Waals surface area contributed by atoms with Gasteiger partial charge in [0.1, 0.15) is 0 Å². The van der Waals surface area contributed by atoms with Gasteiger partial charge in [-0.3, -0.25) is 19.7 Å². The van der Waals surface area contributed by atoms with E-state index in [2.05, 4.69) is 10.5 Å². The van der Waals surface area contributed by atoms with Crippen molar-refractivity contribution in [3.8, 4) is 17.2 Å². The van der Waals surface area contributed by atoms with E-state index in [4.69, 9.17) is 14.2 Å². The Kier molecular flexibility index (Phi) is 7.24. The first kappa shape index (κ1) is 21.4. The van der Waals surface area contributed by atoms with Crippen LogP contribution in [0.15, 0.2) is 41.5 Å². The van der Waals surface area contributed by atoms with Crippen molar-refractivity contribution < 1.29 is 28.7 Å². The molecule has 0 saturated heterocycles. The number of hydrogen-bond donors (Lipinski definition) is 1. The van der Waals surface area contributed by atoms with Gasteiger partial charge in [-0.1, -0.05) is 6.07 Å². The lowest BCUT2D eigenvalue weighted by molar-refractivity contribution is -0.385. The van der Waals surface area contributed by atoms with Gasteiger partial charge < -0.3 is 14.2 Å². The number of nitro groups is 1. The number of methoxy groups -OCH3 is 1. The fraction of sp³-hybridized carbons (Fsp3) is 0.211. The minimum absolute atomic E-state index is 0.00877. The monoisotopic (exact) mass is 401 g/mol. The van der Waals surface area contributed by atoms with E-state index in [1.54, 1.807) is 25.1 Å². The van der Waals surface area contributed by atoms with Crippen LogP contribution in [-0.4, -0.2) is 36.7 Å². The second kappa shape index (κ2) is 9.83. The van der Waals surface area contributed by atoms with Gasteiger partial charge in [-0.15, -0.1) is 0 Å². The maximum absolute atomic E-state index is 11.9. The minimum atomic E-state index is -0.598. The molecule has 1 amide bonds. The Morgan fingerprint density at radius 2 is 1.90 bits per heavy atom. The van der Waals surface area contributed by atoms with Crippen molar-refractivity contribution in [1.29, 1.82) is 0 Å². The standard InChI is InChI=1S/C19H19N3O7/c1-12-4-6-16(15(8-12)22(25)26)28-11-19(24)21-20-10-14-5-7-17(29-13(2)23)18(9-14)27-3/h4-10H,11H2,1-3H3,(H,21,24)/b20-10+. The van der Waals surface area contributed by atoms with E-state index < -0.39 is 23.4 Å². The molecule has 0 aliphatic rings. The Balaban J connectivity index is 1.95. The summed E-state index contributed by atoms with van der Waals surface area (Å²) in [6.45, 7) is 2.54. The van der Waals surface area contributed by atoms with Crippen LogP contribution in [0.25, 0.3) is 0 Å². The van der Waals surface area contributed by atoms with Gasteiger partial charge in [0.25, 0.3) is 5.91 Å². The third-order valence-corrected chi connectivity index (χ3v) is 3.51. The van der Waals surface area contributed by atoms with Crippen LogP contribution in [0.5, 0.6) is 17.2 Å². The number of carbonyl (C=O) groups is 2. The molecule has 0 fully saturated rings. The summed E-state index contributed by atoms with van der Waals surface area (Å²) in [6, 6.07) is 9.15. The molecular formula is C19H19N3O7. The zero-order valence-electron chi connectivity index (χ0n) is 16.0. The van der Waals surface area contributed by atoms with Crippen molar-refractivity contribution in [2.45, 2.75) is 13.8 Å². The summed E-state index contributed by atoms with van der Waals surface area (Å²) in [7, 11) is 1.42. The number of ether oxygens (including phenoxy) is 3. The molecule has 152 valence electrons. The van der Waals surface area contributed by atoms with Crippen LogP contribution >= 0.6 is 0 Å². The summed E-state index contributed by atoms with van der Waals surface area (Å²) in [5.74, 6) is -0.504. The molecule has 10 nitrogen and oxygen atoms in total. The number of hydrazone groups is 1. The fourth-order valence-electron chi connectivity index (χ4n) is 2.25. The predicted octanol–water partition coefficient (Wildman–Crippen LogP) is 2.37. The van der Waals surface area contributed by atoms with Crippen LogP contribution in [0.2, 0.25) is 0 Å². The van der Waals surface area contributed by atoms with Gasteiger partial charge in [0.15, 0.2) is 23.9 Å². The normalized spacial score (nSPS) is 10.4. The molecule has 29 heavy (non-hydrogen) atoms. The van der Waals surface area contributed by atoms with Crippen LogP contribution in [0.3, 0.4) is 0 Å². The first-order valence-electron chi connectivity index (χ1n) is 8.36. The van der Waals surface area contributed by atoms with Crippen molar-refractivity contribution in [1.82, 2.24) is 5.43 Å². The van der Waals surface area contributed by atoms with Crippen molar-refractivity contribution in [2.24, 2.45) is 5.10 Å². The lowest BCUT2D eigenvalue weighted by Crippen LogP contribution is -2.24. The van der Waals surface area contributed by atoms with Crippen LogP contribution in [-0.2, 0) is 9.59 Å². The second-order valence-electron chi connectivity index (χ2n) is 5.81. The third-order valence-electron chi connectivity index (χ3n) is 3.51. The Labute approximate surface area is 166 Å². The number of nitrogens with zero attached hydrogens (tertiary/aromatic N) is 2. The molecule has 2 rings (SSSR count). The molecule has 0 bridgehead atoms. The zero-order valence-corrected chi connectivity index (χ0v) is 16.0. The molecule has 2 aromatic rings. The first-order valence-corrected chi connectivity index (χ1v) is 8.36. The maximum atomic E-state index is 11.9. The van der Waals surface area contributed by atoms with Crippen LogP contribution in [0, 0.1) is 17.0 Å². The number of rotatable bonds is 8. The summed E-state index contributed by atoms with van der Waals surface area (Å²) in [6.07, 6.45) is 1.35. The predicted molar refractivity (Wildman–Crippen MR) is 103 cm³/mol. The highest BCUT2D eigenvalue weighted by Crippen LogP contribution is 2.28. The Bertz CT molecular complexity index is 957. The van der Waals surface area contributed by atoms with Crippen LogP contribution in [0.4, 0.5) is 5.69 Å². The Hall–Kier alpha value is -3.95. The van der Waals surface area contributed by atoms with Gasteiger partial charge in [-0.25, -0.2) is 5.43 Å². The highest BCUT2D eigenvalue weighted by molar-refractivity contribution is 5.84. The van der Waals surface area contributed by atoms with E-state index in [9.17, 15) is 19.7 Å². The molecule has 0 aliphatic heterocycles. The zero-order chi connectivity index (χ0) is 21.4. The molecule has 2 aromatic carbocycles. The molecule has 0 unspecified atom stereocenters. The van der Waals surface area contributed by atoms with Gasteiger partial charge in [0.05, 0.1) is 18.2 Å². The number of amides is 1. The van der Waals surface area contributed by atoms with Gasteiger partial charge in [-0.2, -0.15) is 5.10 Å². The van der Waals surface area contributed by atoms with Crippen molar-refractivity contribution in [3.63, 3.8) is 0 Å². The quantitative estimate of drug-likeness (QED) is 0.236. The van der Waals surface area contributed by atoms with Crippen molar-refractivity contribution >= 4 is 23.8 Å². The summed E-state index contributed by atoms with van der Waals surface area (Å²) in [4.78, 5) is 33.4. The SMILES string of the molecule is COc1cc(/C=N/NC(=O)COc2ccc(C)cc2[N+](=O)[O-])ccc1OC(C)=O. The van der Waals surface area contributed by atoms with E-state index in [0.717, 1.165) is 0 Å². The van der Waals surface area contributed by atoms with Gasteiger partial charge >= 0.3 is 11.7 Å². The molecule has 0 aromatic heterocycles. The molecule has 1 N–H and O–H groups in total. The summed E-state index contributed by atoms with van der Waals surface area (Å²) in [5.41, 5.74) is 3.31. The number of aryl methyl sites for hydroxylation is 1. The fourth-order valence-corrected chi connectivity index (χ4v) is 2.25. The van der Waals surface area contributed by atoms with Crippen molar-refractivity contribution in [2.75, 3.05) is 13.7 Å². The maximum Gasteiger partial charge on any atom is 0.311 e. The summed E-state index contributed by atoms with van der Waals surface area (Å²) in [5, 5.41) is 14.8. The molecule has 0 aliphatic carbocycles. The Morgan fingerprint density at radius 3 is 2.55 bits per heavy atom. The lowest BCUT2D eigenvalue weighted by Gasteiger charge is -2.08. The van der Waals surface area contributed by atoms with Crippen LogP contribution in [0.1, 0.15) is 18.1 Å². The molecule has 0 atom stereocenters. The highest BCUT2D eigenvalue weighted by Gasteiger charge is 2.16. The summed E-state index contributed by atoms with van der Waals surface area (Å²) >= 11 is 0. The highest BCUT2D eigenvalue weighted by atomic mass is 16.6. The molecule has 0 radical (unpaired) electrons. The number of nitro benzene ring substituents is 1. The average Bonchev–Trinajstić information content (AvgIpc) is 2.67. The number of hydrogen-bond acceptors (Lipinski definition) is 8. The van der Waals surface area contributed by atoms with Crippen LogP contribution < -0.4 is 19.6 Å². The Morgan fingerprint density at radius 1 is 1.17 bits per heavy atom. The van der Waals surface area contributed by atoms with Gasteiger partial charge in [-0.05, 0) is 42.3 Å². The number of nitrogens with one attached hydrogen (secondary N) is 1. The van der Waals surface area contributed by atoms with Gasteiger partial charge in [0, 0.05) is 13.0 Å². The van der Waals surface area contributed by atoms with Crippen molar-refractivity contribution in [3.05, 3.63) is 57.6 Å². The molecule has 0 spiro atoms. The van der Waals surface area contributed by atoms with E-state index in [-0.39, 0.29) is 17.2 Å². The smallest absolute Gasteiger partial charge is 0.311 e. The third kappa shape index (κ3) is 6.31. The van der Waals surface area contributed by atoms with Gasteiger partial charge in [0.2, 0.25) is 0 Å². The molecule has 0 saturated carbocycles. The minimum Gasteiger partial charge on any atom is -0.493 e. The largest absolute Gasteiger partial charge is 0.493 e. The first-order chi connectivity index (χ1) is 13.8. The second-order valence-corrected chi connectivity index (χ2v) is 5.81. The molecule has 10 heteroatoms. The number of benzene rings is 2. The van der Waals surface area contributed by atoms with E-state index in [1.165, 1.54) is 38.4 Å². The van der Waals surface area contributed by atoms with E-state index >= 15 is 0 Å². The summed E-state index contributed by atoms with van der Waals surface area (Å²) < 4.78 is 15.3. The molecule has 0 heterocycles. The number of esters is 1. The molecular weight excluding hydrogens is 382 g/mol. The van der Waals surface area contributed by atoms with E-state index in [0.29, 0.717) is 16.9 Å². The lowest BCUT2D eigenvalue weighted by atomic mass is 10.2. The average molecular weight is 401 g/mol. The topological polar surface area (TPSA) is 129 Å². The number of carbonyl (C=O) groups excluding carboxylic acids is 2. The van der Waals surface area contributed by atoms with E-state index in [1.807, 2.05) is 0 Å².